The van der Waals surface area contributed by atoms with E-state index in [1.807, 2.05) is 13.8 Å². The number of hydrogen-bond acceptors (Lipinski definition) is 4. The maximum absolute atomic E-state index is 11.8. The number of nitrogens with two attached hydrogens (primary N) is 1. The third kappa shape index (κ3) is 5.97. The van der Waals surface area contributed by atoms with E-state index in [1.165, 1.54) is 0 Å². The highest BCUT2D eigenvalue weighted by atomic mass is 16.5. The molecule has 0 radical (unpaired) electrons. The van der Waals surface area contributed by atoms with Gasteiger partial charge in [-0.05, 0) is 18.8 Å². The second kappa shape index (κ2) is 8.88. The molecule has 6 heteroatoms. The summed E-state index contributed by atoms with van der Waals surface area (Å²) in [5, 5.41) is 11.5. The van der Waals surface area contributed by atoms with Crippen molar-refractivity contribution in [3.63, 3.8) is 0 Å². The summed E-state index contributed by atoms with van der Waals surface area (Å²) in [6.45, 7) is 4.27. The molecule has 0 aliphatic rings. The molecule has 1 amide bonds. The summed E-state index contributed by atoms with van der Waals surface area (Å²) in [6, 6.07) is -1.57. The van der Waals surface area contributed by atoms with Gasteiger partial charge >= 0.3 is 5.97 Å². The van der Waals surface area contributed by atoms with E-state index in [9.17, 15) is 9.59 Å². The zero-order valence-corrected chi connectivity index (χ0v) is 11.3. The number of hydrogen-bond donors (Lipinski definition) is 3. The summed E-state index contributed by atoms with van der Waals surface area (Å²) in [5.74, 6) is -1.43. The maximum atomic E-state index is 11.8. The zero-order chi connectivity index (χ0) is 14.1. The molecule has 18 heavy (non-hydrogen) atoms. The average molecular weight is 260 g/mol. The first kappa shape index (κ1) is 16.9. The summed E-state index contributed by atoms with van der Waals surface area (Å²) < 4.78 is 4.85. The van der Waals surface area contributed by atoms with E-state index in [0.29, 0.717) is 19.4 Å². The molecule has 0 saturated carbocycles. The molecule has 106 valence electrons. The van der Waals surface area contributed by atoms with E-state index in [1.54, 1.807) is 7.11 Å². The molecular weight excluding hydrogens is 236 g/mol. The van der Waals surface area contributed by atoms with E-state index >= 15 is 0 Å². The number of rotatable bonds is 9. The van der Waals surface area contributed by atoms with Gasteiger partial charge in [0, 0.05) is 13.7 Å². The van der Waals surface area contributed by atoms with Gasteiger partial charge in [-0.1, -0.05) is 20.3 Å². The first-order valence-electron chi connectivity index (χ1n) is 6.21. The Labute approximate surface area is 108 Å². The standard InChI is InChI=1S/C12H24N2O4/c1-4-8(2)10(13)11(15)14-9(12(16)17)6-5-7-18-3/h8-10H,4-7,13H2,1-3H3,(H,14,15)(H,16,17)/t8-,9?,10-/m0/s1. The highest BCUT2D eigenvalue weighted by molar-refractivity contribution is 5.86. The molecule has 0 aliphatic carbocycles. The Balaban J connectivity index is 4.31. The first-order valence-corrected chi connectivity index (χ1v) is 6.21. The Bertz CT molecular complexity index is 271. The van der Waals surface area contributed by atoms with Crippen LogP contribution in [0.15, 0.2) is 0 Å². The molecule has 1 unspecified atom stereocenters. The van der Waals surface area contributed by atoms with Gasteiger partial charge in [0.05, 0.1) is 6.04 Å². The van der Waals surface area contributed by atoms with E-state index < -0.39 is 24.0 Å². The number of aliphatic carboxylic acids is 1. The van der Waals surface area contributed by atoms with Gasteiger partial charge in [-0.3, -0.25) is 4.79 Å². The largest absolute Gasteiger partial charge is 0.480 e. The molecule has 0 rings (SSSR count). The van der Waals surface area contributed by atoms with E-state index in [4.69, 9.17) is 15.6 Å². The van der Waals surface area contributed by atoms with Crippen LogP contribution in [0.3, 0.4) is 0 Å². The molecule has 3 atom stereocenters. The fourth-order valence-corrected chi connectivity index (χ4v) is 1.47. The van der Waals surface area contributed by atoms with Gasteiger partial charge in [-0.2, -0.15) is 0 Å². The third-order valence-corrected chi connectivity index (χ3v) is 3.02. The van der Waals surface area contributed by atoms with Gasteiger partial charge in [0.15, 0.2) is 0 Å². The molecule has 0 aromatic heterocycles. The molecule has 0 saturated heterocycles. The van der Waals surface area contributed by atoms with Crippen LogP contribution < -0.4 is 11.1 Å². The summed E-state index contributed by atoms with van der Waals surface area (Å²) in [4.78, 5) is 22.8. The van der Waals surface area contributed by atoms with Gasteiger partial charge in [0.25, 0.3) is 0 Å². The lowest BCUT2D eigenvalue weighted by Gasteiger charge is -2.21. The highest BCUT2D eigenvalue weighted by Crippen LogP contribution is 2.06. The van der Waals surface area contributed by atoms with Gasteiger partial charge < -0.3 is 20.9 Å². The lowest BCUT2D eigenvalue weighted by atomic mass is 9.99. The molecule has 0 fully saturated rings. The van der Waals surface area contributed by atoms with E-state index in [-0.39, 0.29) is 5.92 Å². The number of ether oxygens (including phenoxy) is 1. The zero-order valence-electron chi connectivity index (χ0n) is 11.3. The van der Waals surface area contributed by atoms with Crippen molar-refractivity contribution < 1.29 is 19.4 Å². The smallest absolute Gasteiger partial charge is 0.326 e. The normalized spacial score (nSPS) is 15.8. The summed E-state index contributed by atoms with van der Waals surface area (Å²) >= 11 is 0. The molecular formula is C12H24N2O4. The molecule has 0 aromatic carbocycles. The van der Waals surface area contributed by atoms with Crippen molar-refractivity contribution in [1.29, 1.82) is 0 Å². The van der Waals surface area contributed by atoms with Crippen LogP contribution in [-0.4, -0.2) is 42.8 Å². The molecule has 0 aliphatic heterocycles. The van der Waals surface area contributed by atoms with Crippen LogP contribution >= 0.6 is 0 Å². The first-order chi connectivity index (χ1) is 8.43. The van der Waals surface area contributed by atoms with Crippen molar-refractivity contribution in [2.45, 2.75) is 45.2 Å². The third-order valence-electron chi connectivity index (χ3n) is 3.02. The SMILES string of the molecule is CC[C@H](C)[C@H](N)C(=O)NC(CCCOC)C(=O)O. The fourth-order valence-electron chi connectivity index (χ4n) is 1.47. The van der Waals surface area contributed by atoms with Crippen molar-refractivity contribution >= 4 is 11.9 Å². The second-order valence-electron chi connectivity index (χ2n) is 4.45. The number of carbonyl (C=O) groups excluding carboxylic acids is 1. The van der Waals surface area contributed by atoms with Crippen LogP contribution in [0, 0.1) is 5.92 Å². The van der Waals surface area contributed by atoms with Gasteiger partial charge in [-0.15, -0.1) is 0 Å². The average Bonchev–Trinajstić information content (AvgIpc) is 2.35. The number of carboxylic acid groups (broad SMARTS) is 1. The number of methoxy groups -OCH3 is 1. The Hall–Kier alpha value is -1.14. The molecule has 0 aromatic rings. The van der Waals surface area contributed by atoms with Crippen LogP contribution in [-0.2, 0) is 14.3 Å². The van der Waals surface area contributed by atoms with Gasteiger partial charge in [0.2, 0.25) is 5.91 Å². The second-order valence-corrected chi connectivity index (χ2v) is 4.45. The Morgan fingerprint density at radius 3 is 2.50 bits per heavy atom. The topological polar surface area (TPSA) is 102 Å². The predicted molar refractivity (Wildman–Crippen MR) is 68.1 cm³/mol. The number of carboxylic acids is 1. The van der Waals surface area contributed by atoms with Crippen LogP contribution in [0.4, 0.5) is 0 Å². The predicted octanol–water partition coefficient (Wildman–Crippen LogP) is 0.356. The van der Waals surface area contributed by atoms with Gasteiger partial charge in [-0.25, -0.2) is 4.79 Å². The van der Waals surface area contributed by atoms with E-state index in [0.717, 1.165) is 6.42 Å². The van der Waals surface area contributed by atoms with E-state index in [2.05, 4.69) is 5.32 Å². The minimum Gasteiger partial charge on any atom is -0.480 e. The molecule has 4 N–H and O–H groups in total. The van der Waals surface area contributed by atoms with Crippen LogP contribution in [0.1, 0.15) is 33.1 Å². The van der Waals surface area contributed by atoms with Crippen LogP contribution in [0.2, 0.25) is 0 Å². The van der Waals surface area contributed by atoms with Crippen molar-refractivity contribution in [3.05, 3.63) is 0 Å². The Morgan fingerprint density at radius 1 is 1.44 bits per heavy atom. The molecule has 0 spiro atoms. The maximum Gasteiger partial charge on any atom is 0.326 e. The quantitative estimate of drug-likeness (QED) is 0.519. The fraction of sp³-hybridized carbons (Fsp3) is 0.833. The van der Waals surface area contributed by atoms with Crippen LogP contribution in [0.25, 0.3) is 0 Å². The van der Waals surface area contributed by atoms with Gasteiger partial charge in [0.1, 0.15) is 6.04 Å². The summed E-state index contributed by atoms with van der Waals surface area (Å²) in [5.41, 5.74) is 5.74. The molecule has 6 nitrogen and oxygen atoms in total. The lowest BCUT2D eigenvalue weighted by Crippen LogP contribution is -2.50. The summed E-state index contributed by atoms with van der Waals surface area (Å²) in [7, 11) is 1.55. The lowest BCUT2D eigenvalue weighted by molar-refractivity contribution is -0.142. The minimum atomic E-state index is -1.05. The number of carbonyl (C=O) groups is 2. The van der Waals surface area contributed by atoms with Crippen molar-refractivity contribution in [1.82, 2.24) is 5.32 Å². The minimum absolute atomic E-state index is 0.0263. The highest BCUT2D eigenvalue weighted by Gasteiger charge is 2.25. The number of nitrogens with one attached hydrogen (secondary N) is 1. The monoisotopic (exact) mass is 260 g/mol. The van der Waals surface area contributed by atoms with Crippen molar-refractivity contribution in [3.8, 4) is 0 Å². The molecule has 0 heterocycles. The Morgan fingerprint density at radius 2 is 2.06 bits per heavy atom. The van der Waals surface area contributed by atoms with Crippen molar-refractivity contribution in [2.75, 3.05) is 13.7 Å². The number of amides is 1. The summed E-state index contributed by atoms with van der Waals surface area (Å²) in [6.07, 6.45) is 1.68. The van der Waals surface area contributed by atoms with Crippen LogP contribution in [0.5, 0.6) is 0 Å². The Kier molecular flexibility index (Phi) is 8.32. The van der Waals surface area contributed by atoms with Crippen molar-refractivity contribution in [2.24, 2.45) is 11.7 Å². The molecule has 0 bridgehead atoms.